The van der Waals surface area contributed by atoms with Crippen LogP contribution in [0.3, 0.4) is 0 Å². The number of nitrogen functional groups attached to an aromatic ring is 1. The number of para-hydroxylation sites is 1. The Hall–Kier alpha value is -2.70. The predicted molar refractivity (Wildman–Crippen MR) is 97.0 cm³/mol. The lowest BCUT2D eigenvalue weighted by Gasteiger charge is -2.21. The van der Waals surface area contributed by atoms with Crippen LogP contribution in [0.25, 0.3) is 5.69 Å². The number of anilines is 1. The normalized spacial score (nSPS) is 12.5. The number of hydrogen-bond acceptors (Lipinski definition) is 5. The molecule has 0 bridgehead atoms. The summed E-state index contributed by atoms with van der Waals surface area (Å²) in [5.74, 6) is 0.966. The number of carbonyl (C=O) groups excluding carboxylic acids is 1. The van der Waals surface area contributed by atoms with E-state index >= 15 is 0 Å². The number of nitrogens with zero attached hydrogens (tertiary/aromatic N) is 2. The van der Waals surface area contributed by atoms with Gasteiger partial charge < -0.3 is 20.5 Å². The molecule has 1 atom stereocenters. The number of amides is 1. The highest BCUT2D eigenvalue weighted by Gasteiger charge is 2.19. The average molecular weight is 346 g/mol. The standard InChI is InChI=1S/C18H26N4O3/c1-12(20-17(23)25-18(3,4)5)11-24-16-13(2)15(19)22(21-16)14-9-7-6-8-10-14/h6-10,12H,11,19H2,1-5H3,(H,20,23)/t12-/m1/s1. The van der Waals surface area contributed by atoms with Crippen molar-refractivity contribution < 1.29 is 14.3 Å². The van der Waals surface area contributed by atoms with E-state index in [2.05, 4.69) is 10.4 Å². The summed E-state index contributed by atoms with van der Waals surface area (Å²) in [6.07, 6.45) is -0.477. The molecule has 1 amide bonds. The van der Waals surface area contributed by atoms with Gasteiger partial charge in [0.25, 0.3) is 0 Å². The van der Waals surface area contributed by atoms with Gasteiger partial charge in [0.2, 0.25) is 5.88 Å². The van der Waals surface area contributed by atoms with Crippen molar-refractivity contribution in [2.75, 3.05) is 12.3 Å². The van der Waals surface area contributed by atoms with Crippen LogP contribution in [0.5, 0.6) is 5.88 Å². The number of benzene rings is 1. The summed E-state index contributed by atoms with van der Waals surface area (Å²) in [5, 5.41) is 7.14. The summed E-state index contributed by atoms with van der Waals surface area (Å²) in [6.45, 7) is 9.38. The highest BCUT2D eigenvalue weighted by Crippen LogP contribution is 2.25. The first-order valence-electron chi connectivity index (χ1n) is 8.20. The largest absolute Gasteiger partial charge is 0.474 e. The van der Waals surface area contributed by atoms with E-state index in [4.69, 9.17) is 15.2 Å². The molecule has 0 aliphatic heterocycles. The zero-order valence-electron chi connectivity index (χ0n) is 15.4. The van der Waals surface area contributed by atoms with Crippen molar-refractivity contribution in [1.29, 1.82) is 0 Å². The Morgan fingerprint density at radius 1 is 1.32 bits per heavy atom. The van der Waals surface area contributed by atoms with E-state index in [-0.39, 0.29) is 12.6 Å². The van der Waals surface area contributed by atoms with Crippen LogP contribution in [0, 0.1) is 6.92 Å². The van der Waals surface area contributed by atoms with E-state index < -0.39 is 11.7 Å². The maximum atomic E-state index is 11.8. The van der Waals surface area contributed by atoms with Gasteiger partial charge in [0.1, 0.15) is 18.0 Å². The SMILES string of the molecule is Cc1c(OC[C@@H](C)NC(=O)OC(C)(C)C)nn(-c2ccccc2)c1N. The molecule has 0 saturated carbocycles. The smallest absolute Gasteiger partial charge is 0.407 e. The zero-order chi connectivity index (χ0) is 18.6. The Morgan fingerprint density at radius 2 is 1.96 bits per heavy atom. The third-order valence-corrected chi connectivity index (χ3v) is 3.36. The minimum atomic E-state index is -0.538. The van der Waals surface area contributed by atoms with Crippen LogP contribution in [0.1, 0.15) is 33.3 Å². The fourth-order valence-electron chi connectivity index (χ4n) is 2.15. The van der Waals surface area contributed by atoms with Gasteiger partial charge in [-0.3, -0.25) is 0 Å². The average Bonchev–Trinajstić information content (AvgIpc) is 2.80. The molecule has 1 aromatic heterocycles. The second-order valence-corrected chi connectivity index (χ2v) is 6.92. The van der Waals surface area contributed by atoms with Crippen LogP contribution in [0.4, 0.5) is 10.6 Å². The van der Waals surface area contributed by atoms with Crippen molar-refractivity contribution in [3.8, 4) is 11.6 Å². The summed E-state index contributed by atoms with van der Waals surface area (Å²) in [7, 11) is 0. The van der Waals surface area contributed by atoms with Gasteiger partial charge in [-0.25, -0.2) is 9.48 Å². The topological polar surface area (TPSA) is 91.4 Å². The van der Waals surface area contributed by atoms with Crippen LogP contribution in [0.2, 0.25) is 0 Å². The second-order valence-electron chi connectivity index (χ2n) is 6.92. The molecule has 1 aromatic carbocycles. The summed E-state index contributed by atoms with van der Waals surface area (Å²) in [4.78, 5) is 11.8. The lowest BCUT2D eigenvalue weighted by atomic mass is 10.2. The van der Waals surface area contributed by atoms with Gasteiger partial charge in [0.05, 0.1) is 17.3 Å². The van der Waals surface area contributed by atoms with E-state index in [1.165, 1.54) is 0 Å². The van der Waals surface area contributed by atoms with Crippen LogP contribution in [0.15, 0.2) is 30.3 Å². The van der Waals surface area contributed by atoms with E-state index in [0.29, 0.717) is 11.7 Å². The van der Waals surface area contributed by atoms with Crippen molar-refractivity contribution in [2.24, 2.45) is 0 Å². The third kappa shape index (κ3) is 5.14. The van der Waals surface area contributed by atoms with Gasteiger partial charge in [-0.05, 0) is 46.8 Å². The number of nitrogens with two attached hydrogens (primary N) is 1. The fraction of sp³-hybridized carbons (Fsp3) is 0.444. The molecule has 7 nitrogen and oxygen atoms in total. The molecule has 0 saturated heterocycles. The van der Waals surface area contributed by atoms with Crippen LogP contribution < -0.4 is 15.8 Å². The summed E-state index contributed by atoms with van der Waals surface area (Å²) < 4.78 is 12.6. The van der Waals surface area contributed by atoms with Crippen molar-refractivity contribution in [3.63, 3.8) is 0 Å². The van der Waals surface area contributed by atoms with Crippen LogP contribution >= 0.6 is 0 Å². The molecule has 0 fully saturated rings. The first-order chi connectivity index (χ1) is 11.7. The summed E-state index contributed by atoms with van der Waals surface area (Å²) >= 11 is 0. The fourth-order valence-corrected chi connectivity index (χ4v) is 2.15. The van der Waals surface area contributed by atoms with Gasteiger partial charge in [-0.2, -0.15) is 0 Å². The molecule has 0 spiro atoms. The van der Waals surface area contributed by atoms with Crippen molar-refractivity contribution in [1.82, 2.24) is 15.1 Å². The molecule has 2 aromatic rings. The van der Waals surface area contributed by atoms with Crippen molar-refractivity contribution in [3.05, 3.63) is 35.9 Å². The molecule has 2 rings (SSSR count). The van der Waals surface area contributed by atoms with E-state index in [1.807, 2.05) is 65.0 Å². The molecule has 0 unspecified atom stereocenters. The maximum absolute atomic E-state index is 11.8. The summed E-state index contributed by atoms with van der Waals surface area (Å²) in [6, 6.07) is 9.35. The van der Waals surface area contributed by atoms with Gasteiger partial charge >= 0.3 is 6.09 Å². The summed E-state index contributed by atoms with van der Waals surface area (Å²) in [5.41, 5.74) is 7.20. The number of rotatable bonds is 5. The molecular weight excluding hydrogens is 320 g/mol. The first kappa shape index (κ1) is 18.6. The zero-order valence-corrected chi connectivity index (χ0v) is 15.4. The number of ether oxygens (including phenoxy) is 2. The second kappa shape index (κ2) is 7.46. The van der Waals surface area contributed by atoms with Crippen LogP contribution in [-0.4, -0.2) is 34.1 Å². The van der Waals surface area contributed by atoms with Gasteiger partial charge in [-0.1, -0.05) is 18.2 Å². The predicted octanol–water partition coefficient (Wildman–Crippen LogP) is 3.05. The molecular formula is C18H26N4O3. The molecule has 0 radical (unpaired) electrons. The maximum Gasteiger partial charge on any atom is 0.407 e. The first-order valence-corrected chi connectivity index (χ1v) is 8.20. The molecule has 136 valence electrons. The number of carbonyl (C=O) groups is 1. The Balaban J connectivity index is 1.98. The third-order valence-electron chi connectivity index (χ3n) is 3.36. The van der Waals surface area contributed by atoms with E-state index in [1.54, 1.807) is 4.68 Å². The van der Waals surface area contributed by atoms with Crippen molar-refractivity contribution in [2.45, 2.75) is 46.3 Å². The van der Waals surface area contributed by atoms with Gasteiger partial charge in [0, 0.05) is 0 Å². The van der Waals surface area contributed by atoms with E-state index in [0.717, 1.165) is 11.3 Å². The quantitative estimate of drug-likeness (QED) is 0.868. The van der Waals surface area contributed by atoms with Crippen molar-refractivity contribution >= 4 is 11.9 Å². The van der Waals surface area contributed by atoms with Gasteiger partial charge in [0.15, 0.2) is 0 Å². The Bertz CT molecular complexity index is 720. The minimum absolute atomic E-state index is 0.239. The molecule has 3 N–H and O–H groups in total. The molecule has 1 heterocycles. The highest BCUT2D eigenvalue weighted by atomic mass is 16.6. The van der Waals surface area contributed by atoms with Crippen LogP contribution in [-0.2, 0) is 4.74 Å². The number of alkyl carbamates (subject to hydrolysis) is 1. The Kier molecular flexibility index (Phi) is 5.56. The number of nitrogens with one attached hydrogen (secondary N) is 1. The lowest BCUT2D eigenvalue weighted by molar-refractivity contribution is 0.0493. The molecule has 7 heteroatoms. The molecule has 0 aliphatic rings. The monoisotopic (exact) mass is 346 g/mol. The van der Waals surface area contributed by atoms with Gasteiger partial charge in [-0.15, -0.1) is 5.10 Å². The minimum Gasteiger partial charge on any atom is -0.474 e. The Labute approximate surface area is 148 Å². The lowest BCUT2D eigenvalue weighted by Crippen LogP contribution is -2.40. The molecule has 25 heavy (non-hydrogen) atoms. The molecule has 0 aliphatic carbocycles. The van der Waals surface area contributed by atoms with E-state index in [9.17, 15) is 4.79 Å². The highest BCUT2D eigenvalue weighted by molar-refractivity contribution is 5.68. The number of hydrogen-bond donors (Lipinski definition) is 2. The number of aromatic nitrogens is 2. The Morgan fingerprint density at radius 3 is 2.56 bits per heavy atom.